The van der Waals surface area contributed by atoms with Crippen LogP contribution in [0.2, 0.25) is 0 Å². The first-order chi connectivity index (χ1) is 9.46. The molecule has 0 radical (unpaired) electrons. The lowest BCUT2D eigenvalue weighted by Gasteiger charge is -2.13. The van der Waals surface area contributed by atoms with Crippen LogP contribution in [-0.4, -0.2) is 19.2 Å². The van der Waals surface area contributed by atoms with Gasteiger partial charge in [0, 0.05) is 0 Å². The Balaban J connectivity index is 2.08. The zero-order valence-corrected chi connectivity index (χ0v) is 13.4. The van der Waals surface area contributed by atoms with Gasteiger partial charge in [0.1, 0.15) is 10.4 Å². The number of nitrogens with zero attached hydrogens (tertiary/aromatic N) is 1. The number of pyridine rings is 1. The van der Waals surface area contributed by atoms with Crippen LogP contribution in [0.15, 0.2) is 53.1 Å². The van der Waals surface area contributed by atoms with Crippen LogP contribution in [0.3, 0.4) is 0 Å². The highest BCUT2D eigenvalue weighted by Gasteiger charge is 2.17. The van der Waals surface area contributed by atoms with Crippen LogP contribution in [0.4, 0.5) is 5.82 Å². The number of hydrogen-bond acceptors (Lipinski definition) is 3. The second-order valence-electron chi connectivity index (χ2n) is 4.54. The van der Waals surface area contributed by atoms with Crippen LogP contribution < -0.4 is 4.72 Å². The largest absolute Gasteiger partial charge is 0.267 e. The van der Waals surface area contributed by atoms with Crippen molar-refractivity contribution in [1.82, 2.24) is 4.98 Å². The maximum absolute atomic E-state index is 12.1. The summed E-state index contributed by atoms with van der Waals surface area (Å²) in [7, 11) is -3.43. The Kier molecular flexibility index (Phi) is 4.77. The number of benzene rings is 1. The fourth-order valence-corrected chi connectivity index (χ4v) is 3.58. The number of hydrogen-bond donors (Lipinski definition) is 1. The lowest BCUT2D eigenvalue weighted by Crippen LogP contribution is -2.21. The number of aromatic nitrogens is 1. The fraction of sp³-hybridized carbons (Fsp3) is 0.214. The molecule has 1 atom stereocenters. The molecule has 1 unspecified atom stereocenters. The van der Waals surface area contributed by atoms with Crippen LogP contribution in [-0.2, 0) is 10.0 Å². The van der Waals surface area contributed by atoms with Gasteiger partial charge >= 0.3 is 0 Å². The molecular formula is C14H15BrN2O2S. The van der Waals surface area contributed by atoms with Gasteiger partial charge in [-0.2, -0.15) is 0 Å². The smallest absolute Gasteiger partial charge is 0.234 e. The zero-order valence-electron chi connectivity index (χ0n) is 11.0. The van der Waals surface area contributed by atoms with E-state index in [4.69, 9.17) is 0 Å². The highest BCUT2D eigenvalue weighted by molar-refractivity contribution is 9.10. The van der Waals surface area contributed by atoms with Crippen LogP contribution in [0.1, 0.15) is 18.4 Å². The van der Waals surface area contributed by atoms with E-state index in [1.807, 2.05) is 37.3 Å². The van der Waals surface area contributed by atoms with Crippen molar-refractivity contribution in [1.29, 1.82) is 0 Å². The lowest BCUT2D eigenvalue weighted by atomic mass is 10.0. The first-order valence-electron chi connectivity index (χ1n) is 6.14. The molecule has 0 aliphatic rings. The second-order valence-corrected chi connectivity index (χ2v) is 7.12. The molecule has 6 heteroatoms. The average Bonchev–Trinajstić information content (AvgIpc) is 2.38. The highest BCUT2D eigenvalue weighted by Crippen LogP contribution is 2.18. The molecule has 0 saturated carbocycles. The molecular weight excluding hydrogens is 340 g/mol. The standard InChI is InChI=1S/C14H15BrN2O2S/c1-11(12-6-3-2-4-7-12)10-20(18,19)17-14-9-5-8-13(15)16-14/h2-9,11H,10H2,1H3,(H,16,17). The molecule has 0 amide bonds. The van der Waals surface area contributed by atoms with Crippen molar-refractivity contribution in [3.63, 3.8) is 0 Å². The van der Waals surface area contributed by atoms with Crippen molar-refractivity contribution < 1.29 is 8.42 Å². The van der Waals surface area contributed by atoms with Gasteiger partial charge in [0.15, 0.2) is 0 Å². The van der Waals surface area contributed by atoms with E-state index in [0.29, 0.717) is 10.4 Å². The van der Waals surface area contributed by atoms with E-state index < -0.39 is 10.0 Å². The summed E-state index contributed by atoms with van der Waals surface area (Å²) in [5.41, 5.74) is 1.00. The van der Waals surface area contributed by atoms with Crippen molar-refractivity contribution in [3.05, 3.63) is 58.7 Å². The van der Waals surface area contributed by atoms with E-state index in [1.165, 1.54) is 0 Å². The molecule has 0 bridgehead atoms. The van der Waals surface area contributed by atoms with E-state index in [2.05, 4.69) is 25.6 Å². The fourth-order valence-electron chi connectivity index (χ4n) is 1.87. The third-order valence-electron chi connectivity index (χ3n) is 2.81. The summed E-state index contributed by atoms with van der Waals surface area (Å²) < 4.78 is 27.3. The quantitative estimate of drug-likeness (QED) is 0.837. The van der Waals surface area contributed by atoms with Gasteiger partial charge in [0.25, 0.3) is 0 Å². The van der Waals surface area contributed by atoms with E-state index in [1.54, 1.807) is 18.2 Å². The summed E-state index contributed by atoms with van der Waals surface area (Å²) in [6.07, 6.45) is 0. The molecule has 2 aromatic rings. The number of halogens is 1. The van der Waals surface area contributed by atoms with Crippen LogP contribution in [0.25, 0.3) is 0 Å². The Bertz CT molecular complexity index is 675. The summed E-state index contributed by atoms with van der Waals surface area (Å²) >= 11 is 3.21. The zero-order chi connectivity index (χ0) is 14.6. The Hall–Kier alpha value is -1.40. The minimum Gasteiger partial charge on any atom is -0.267 e. The summed E-state index contributed by atoms with van der Waals surface area (Å²) in [6.45, 7) is 1.89. The van der Waals surface area contributed by atoms with Crippen LogP contribution in [0, 0.1) is 0 Å². The topological polar surface area (TPSA) is 59.1 Å². The van der Waals surface area contributed by atoms with Crippen molar-refractivity contribution in [3.8, 4) is 0 Å². The molecule has 20 heavy (non-hydrogen) atoms. The van der Waals surface area contributed by atoms with Gasteiger partial charge in [-0.1, -0.05) is 43.3 Å². The molecule has 0 aliphatic heterocycles. The molecule has 0 fully saturated rings. The molecule has 1 heterocycles. The molecule has 1 aromatic heterocycles. The maximum atomic E-state index is 12.1. The van der Waals surface area contributed by atoms with Gasteiger partial charge in [-0.15, -0.1) is 0 Å². The van der Waals surface area contributed by atoms with Crippen LogP contribution >= 0.6 is 15.9 Å². The predicted octanol–water partition coefficient (Wildman–Crippen LogP) is 3.39. The Labute approximate surface area is 127 Å². The van der Waals surface area contributed by atoms with Crippen molar-refractivity contribution in [2.24, 2.45) is 0 Å². The normalized spacial score (nSPS) is 12.9. The van der Waals surface area contributed by atoms with Gasteiger partial charge in [-0.05, 0) is 39.5 Å². The van der Waals surface area contributed by atoms with Gasteiger partial charge in [-0.25, -0.2) is 13.4 Å². The monoisotopic (exact) mass is 354 g/mol. The Morgan fingerprint density at radius 2 is 1.85 bits per heavy atom. The van der Waals surface area contributed by atoms with Gasteiger partial charge < -0.3 is 0 Å². The molecule has 4 nitrogen and oxygen atoms in total. The molecule has 0 spiro atoms. The SMILES string of the molecule is CC(CS(=O)(=O)Nc1cccc(Br)n1)c1ccccc1. The van der Waals surface area contributed by atoms with Crippen molar-refractivity contribution in [2.45, 2.75) is 12.8 Å². The van der Waals surface area contributed by atoms with E-state index in [9.17, 15) is 8.42 Å². The number of nitrogens with one attached hydrogen (secondary N) is 1. The van der Waals surface area contributed by atoms with E-state index >= 15 is 0 Å². The summed E-state index contributed by atoms with van der Waals surface area (Å²) in [5, 5.41) is 0. The van der Waals surface area contributed by atoms with Crippen molar-refractivity contribution in [2.75, 3.05) is 10.5 Å². The second kappa shape index (κ2) is 6.37. The third kappa shape index (κ3) is 4.31. The first-order valence-corrected chi connectivity index (χ1v) is 8.59. The molecule has 1 aromatic carbocycles. The first kappa shape index (κ1) is 15.0. The number of rotatable bonds is 5. The van der Waals surface area contributed by atoms with Crippen LogP contribution in [0.5, 0.6) is 0 Å². The third-order valence-corrected chi connectivity index (χ3v) is 4.71. The molecule has 2 rings (SSSR count). The van der Waals surface area contributed by atoms with Gasteiger partial charge in [-0.3, -0.25) is 4.72 Å². The van der Waals surface area contributed by atoms with Gasteiger partial charge in [0.2, 0.25) is 10.0 Å². The van der Waals surface area contributed by atoms with Crippen molar-refractivity contribution >= 4 is 31.8 Å². The summed E-state index contributed by atoms with van der Waals surface area (Å²) in [5.74, 6) is 0.256. The minimum absolute atomic E-state index is 0.0191. The number of anilines is 1. The molecule has 0 saturated heterocycles. The van der Waals surface area contributed by atoms with Gasteiger partial charge in [0.05, 0.1) is 5.75 Å². The summed E-state index contributed by atoms with van der Waals surface area (Å²) in [6, 6.07) is 14.7. The molecule has 0 aliphatic carbocycles. The Morgan fingerprint density at radius 3 is 2.50 bits per heavy atom. The average molecular weight is 355 g/mol. The molecule has 1 N–H and O–H groups in total. The molecule has 106 valence electrons. The highest BCUT2D eigenvalue weighted by atomic mass is 79.9. The van der Waals surface area contributed by atoms with E-state index in [-0.39, 0.29) is 11.7 Å². The van der Waals surface area contributed by atoms with E-state index in [0.717, 1.165) is 5.56 Å². The predicted molar refractivity (Wildman–Crippen MR) is 84.2 cm³/mol. The minimum atomic E-state index is -3.43. The Morgan fingerprint density at radius 1 is 1.15 bits per heavy atom. The maximum Gasteiger partial charge on any atom is 0.234 e. The lowest BCUT2D eigenvalue weighted by molar-refractivity contribution is 0.595. The number of sulfonamides is 1. The summed E-state index contributed by atoms with van der Waals surface area (Å²) in [4.78, 5) is 4.06.